The third-order valence-electron chi connectivity index (χ3n) is 3.40. The molecule has 2 heterocycles. The Hall–Kier alpha value is -1.46. The second kappa shape index (κ2) is 7.00. The van der Waals surface area contributed by atoms with Crippen molar-refractivity contribution in [1.29, 1.82) is 0 Å². The average molecular weight is 310 g/mol. The van der Waals surface area contributed by atoms with Gasteiger partial charge < -0.3 is 9.84 Å². The predicted molar refractivity (Wildman–Crippen MR) is 77.0 cm³/mol. The summed E-state index contributed by atoms with van der Waals surface area (Å²) < 4.78 is 31.8. The molecule has 1 fully saturated rings. The second-order valence-electron chi connectivity index (χ2n) is 4.71. The highest BCUT2D eigenvalue weighted by molar-refractivity contribution is 7.89. The first kappa shape index (κ1) is 15.9. The van der Waals surface area contributed by atoms with E-state index < -0.39 is 10.0 Å². The summed E-state index contributed by atoms with van der Waals surface area (Å²) in [7, 11) is -1.92. The minimum absolute atomic E-state index is 0.122. The van der Waals surface area contributed by atoms with E-state index in [-0.39, 0.29) is 17.6 Å². The number of rotatable bonds is 3. The van der Waals surface area contributed by atoms with Crippen molar-refractivity contribution in [3.8, 4) is 11.8 Å². The number of nitrogens with zero attached hydrogens (tertiary/aromatic N) is 2. The lowest BCUT2D eigenvalue weighted by Crippen LogP contribution is -2.40. The number of aliphatic hydroxyl groups excluding tert-OH is 1. The van der Waals surface area contributed by atoms with Crippen LogP contribution in [0, 0.1) is 11.8 Å². The van der Waals surface area contributed by atoms with Gasteiger partial charge in [-0.3, -0.25) is 4.98 Å². The lowest BCUT2D eigenvalue weighted by Gasteiger charge is -2.30. The Balaban J connectivity index is 2.20. The molecule has 0 aromatic carbocycles. The number of methoxy groups -OCH3 is 1. The van der Waals surface area contributed by atoms with Gasteiger partial charge in [-0.25, -0.2) is 8.42 Å². The van der Waals surface area contributed by atoms with Gasteiger partial charge in [-0.2, -0.15) is 4.31 Å². The van der Waals surface area contributed by atoms with Crippen molar-refractivity contribution in [3.63, 3.8) is 0 Å². The van der Waals surface area contributed by atoms with Crippen LogP contribution in [0.25, 0.3) is 0 Å². The predicted octanol–water partition coefficient (Wildman–Crippen LogP) is 0.225. The Morgan fingerprint density at radius 2 is 2.14 bits per heavy atom. The van der Waals surface area contributed by atoms with E-state index in [0.29, 0.717) is 31.5 Å². The molecule has 0 saturated carbocycles. The van der Waals surface area contributed by atoms with Gasteiger partial charge in [0.15, 0.2) is 0 Å². The molecule has 1 aromatic heterocycles. The summed E-state index contributed by atoms with van der Waals surface area (Å²) in [4.78, 5) is 4.04. The number of ether oxygens (including phenoxy) is 1. The van der Waals surface area contributed by atoms with Gasteiger partial charge in [-0.15, -0.1) is 0 Å². The lowest BCUT2D eigenvalue weighted by molar-refractivity contribution is 0.0604. The Morgan fingerprint density at radius 3 is 2.76 bits per heavy atom. The van der Waals surface area contributed by atoms with Gasteiger partial charge in [0.2, 0.25) is 10.0 Å². The fraction of sp³-hybridized carbons (Fsp3) is 0.500. The fourth-order valence-corrected chi connectivity index (χ4v) is 3.69. The van der Waals surface area contributed by atoms with Crippen LogP contribution in [0.1, 0.15) is 18.4 Å². The van der Waals surface area contributed by atoms with Crippen LogP contribution in [0.3, 0.4) is 0 Å². The summed E-state index contributed by atoms with van der Waals surface area (Å²) in [5.41, 5.74) is 0.469. The van der Waals surface area contributed by atoms with E-state index in [9.17, 15) is 8.42 Å². The number of piperidine rings is 1. The molecule has 0 unspecified atom stereocenters. The summed E-state index contributed by atoms with van der Waals surface area (Å²) in [6.45, 7) is 0.599. The summed E-state index contributed by atoms with van der Waals surface area (Å²) in [6, 6.07) is 1.48. The largest absolute Gasteiger partial charge is 0.384 e. The molecule has 21 heavy (non-hydrogen) atoms. The summed E-state index contributed by atoms with van der Waals surface area (Å²) in [5, 5.41) is 8.68. The average Bonchev–Trinajstić information content (AvgIpc) is 2.53. The van der Waals surface area contributed by atoms with E-state index in [1.807, 2.05) is 0 Å². The molecular formula is C14H18N2O4S. The van der Waals surface area contributed by atoms with Crippen molar-refractivity contribution in [2.24, 2.45) is 0 Å². The maximum atomic E-state index is 12.6. The van der Waals surface area contributed by atoms with Crippen LogP contribution in [0.5, 0.6) is 0 Å². The van der Waals surface area contributed by atoms with E-state index in [2.05, 4.69) is 16.8 Å². The first-order chi connectivity index (χ1) is 10.1. The van der Waals surface area contributed by atoms with Crippen LogP contribution >= 0.6 is 0 Å². The second-order valence-corrected chi connectivity index (χ2v) is 6.65. The number of aliphatic hydroxyl groups is 1. The highest BCUT2D eigenvalue weighted by Gasteiger charge is 2.29. The molecule has 114 valence electrons. The molecule has 7 heteroatoms. The highest BCUT2D eigenvalue weighted by Crippen LogP contribution is 2.21. The number of hydrogen-bond acceptors (Lipinski definition) is 5. The summed E-state index contributed by atoms with van der Waals surface area (Å²) in [5.74, 6) is 5.14. The molecule has 2 rings (SSSR count). The Bertz CT molecular complexity index is 640. The zero-order chi connectivity index (χ0) is 15.3. The molecule has 0 radical (unpaired) electrons. The van der Waals surface area contributed by atoms with Gasteiger partial charge in [-0.1, -0.05) is 11.8 Å². The third kappa shape index (κ3) is 3.80. The first-order valence-corrected chi connectivity index (χ1v) is 8.09. The summed E-state index contributed by atoms with van der Waals surface area (Å²) in [6.07, 6.45) is 4.29. The van der Waals surface area contributed by atoms with Gasteiger partial charge in [0, 0.05) is 38.2 Å². The minimum Gasteiger partial charge on any atom is -0.384 e. The first-order valence-electron chi connectivity index (χ1n) is 6.65. The van der Waals surface area contributed by atoms with Gasteiger partial charge in [0.1, 0.15) is 11.5 Å². The molecule has 1 aromatic rings. The van der Waals surface area contributed by atoms with Crippen LogP contribution in [-0.4, -0.2) is 55.7 Å². The number of aromatic nitrogens is 1. The van der Waals surface area contributed by atoms with E-state index in [0.717, 1.165) is 0 Å². The maximum absolute atomic E-state index is 12.6. The number of hydrogen-bond donors (Lipinski definition) is 1. The molecule has 0 bridgehead atoms. The Labute approximate surface area is 124 Å². The highest BCUT2D eigenvalue weighted by atomic mass is 32.2. The molecule has 0 amide bonds. The van der Waals surface area contributed by atoms with Crippen molar-refractivity contribution in [2.75, 3.05) is 26.8 Å². The van der Waals surface area contributed by atoms with Gasteiger partial charge in [0.05, 0.1) is 6.10 Å². The molecule has 1 saturated heterocycles. The molecule has 1 aliphatic rings. The van der Waals surface area contributed by atoms with Gasteiger partial charge >= 0.3 is 0 Å². The van der Waals surface area contributed by atoms with Crippen LogP contribution < -0.4 is 0 Å². The van der Waals surface area contributed by atoms with Crippen molar-refractivity contribution in [3.05, 3.63) is 24.0 Å². The molecule has 1 aliphatic heterocycles. The lowest BCUT2D eigenvalue weighted by atomic mass is 10.1. The van der Waals surface area contributed by atoms with Crippen molar-refractivity contribution >= 4 is 10.0 Å². The van der Waals surface area contributed by atoms with E-state index in [1.54, 1.807) is 7.11 Å². The Kier molecular flexibility index (Phi) is 5.31. The van der Waals surface area contributed by atoms with E-state index >= 15 is 0 Å². The van der Waals surface area contributed by atoms with Gasteiger partial charge in [-0.05, 0) is 18.9 Å². The van der Waals surface area contributed by atoms with E-state index in [4.69, 9.17) is 9.84 Å². The van der Waals surface area contributed by atoms with Crippen LogP contribution in [0.4, 0.5) is 0 Å². The molecular weight excluding hydrogens is 292 g/mol. The van der Waals surface area contributed by atoms with Crippen LogP contribution in [0.15, 0.2) is 23.4 Å². The zero-order valence-electron chi connectivity index (χ0n) is 11.8. The van der Waals surface area contributed by atoms with Gasteiger partial charge in [0.25, 0.3) is 0 Å². The van der Waals surface area contributed by atoms with Crippen LogP contribution in [0.2, 0.25) is 0 Å². The molecule has 6 nitrogen and oxygen atoms in total. The molecule has 0 aliphatic carbocycles. The molecule has 0 spiro atoms. The van der Waals surface area contributed by atoms with Crippen molar-refractivity contribution < 1.29 is 18.3 Å². The molecule has 1 N–H and O–H groups in total. The van der Waals surface area contributed by atoms with Crippen LogP contribution in [-0.2, 0) is 14.8 Å². The smallest absolute Gasteiger partial charge is 0.244 e. The monoisotopic (exact) mass is 310 g/mol. The SMILES string of the molecule is COC1CCN(S(=O)(=O)c2cncc(C#CCO)c2)CC1. The van der Waals surface area contributed by atoms with E-state index in [1.165, 1.54) is 22.8 Å². The maximum Gasteiger partial charge on any atom is 0.244 e. The summed E-state index contributed by atoms with van der Waals surface area (Å²) >= 11 is 0. The minimum atomic E-state index is -3.56. The standard InChI is InChI=1S/C14H18N2O4S/c1-20-13-4-6-16(7-5-13)21(18,19)14-9-12(3-2-8-17)10-15-11-14/h9-11,13,17H,4-8H2,1H3. The van der Waals surface area contributed by atoms with Crippen molar-refractivity contribution in [2.45, 2.75) is 23.8 Å². The normalized spacial score (nSPS) is 17.2. The zero-order valence-corrected chi connectivity index (χ0v) is 12.6. The number of sulfonamides is 1. The Morgan fingerprint density at radius 1 is 1.43 bits per heavy atom. The number of pyridine rings is 1. The quantitative estimate of drug-likeness (QED) is 0.808. The fourth-order valence-electron chi connectivity index (χ4n) is 2.23. The third-order valence-corrected chi connectivity index (χ3v) is 5.26. The van der Waals surface area contributed by atoms with Crippen molar-refractivity contribution in [1.82, 2.24) is 9.29 Å². The topological polar surface area (TPSA) is 79.7 Å². The molecule has 0 atom stereocenters.